The van der Waals surface area contributed by atoms with Gasteiger partial charge in [0.05, 0.1) is 9.50 Å². The number of hydrogen-bond acceptors (Lipinski definition) is 1. The van der Waals surface area contributed by atoms with Gasteiger partial charge in [0.2, 0.25) is 0 Å². The summed E-state index contributed by atoms with van der Waals surface area (Å²) in [5.41, 5.74) is 0. The molecule has 1 nitrogen and oxygen atoms in total. The summed E-state index contributed by atoms with van der Waals surface area (Å²) in [6.07, 6.45) is 0. The molecular formula is C12H8BrClO. The fourth-order valence-electron chi connectivity index (χ4n) is 1.19. The lowest BCUT2D eigenvalue weighted by Crippen LogP contribution is -1.85. The van der Waals surface area contributed by atoms with E-state index in [1.165, 1.54) is 0 Å². The summed E-state index contributed by atoms with van der Waals surface area (Å²) < 4.78 is 6.51. The van der Waals surface area contributed by atoms with Crippen LogP contribution in [0.25, 0.3) is 0 Å². The number of benzene rings is 2. The minimum absolute atomic E-state index is 0.591. The fourth-order valence-corrected chi connectivity index (χ4v) is 1.96. The van der Waals surface area contributed by atoms with Crippen LogP contribution in [0.15, 0.2) is 53.0 Å². The molecule has 76 valence electrons. The Labute approximate surface area is 102 Å². The van der Waals surface area contributed by atoms with Crippen molar-refractivity contribution in [2.45, 2.75) is 0 Å². The van der Waals surface area contributed by atoms with E-state index in [1.54, 1.807) is 6.07 Å². The smallest absolute Gasteiger partial charge is 0.160 e. The van der Waals surface area contributed by atoms with E-state index in [0.29, 0.717) is 10.8 Å². The van der Waals surface area contributed by atoms with Crippen LogP contribution >= 0.6 is 27.5 Å². The zero-order valence-electron chi connectivity index (χ0n) is 7.78. The van der Waals surface area contributed by atoms with Gasteiger partial charge >= 0.3 is 0 Å². The van der Waals surface area contributed by atoms with E-state index in [-0.39, 0.29) is 0 Å². The van der Waals surface area contributed by atoms with Crippen molar-refractivity contribution in [2.24, 2.45) is 0 Å². The van der Waals surface area contributed by atoms with Gasteiger partial charge in [-0.25, -0.2) is 0 Å². The Morgan fingerprint density at radius 3 is 2.33 bits per heavy atom. The topological polar surface area (TPSA) is 9.23 Å². The molecule has 15 heavy (non-hydrogen) atoms. The van der Waals surface area contributed by atoms with Gasteiger partial charge in [0.15, 0.2) is 5.75 Å². The SMILES string of the molecule is Clc1cccc(Br)c1Oc1ccccc1. The minimum Gasteiger partial charge on any atom is -0.455 e. The number of para-hydroxylation sites is 2. The van der Waals surface area contributed by atoms with E-state index in [2.05, 4.69) is 15.9 Å². The maximum atomic E-state index is 6.02. The summed E-state index contributed by atoms with van der Waals surface area (Å²) in [5.74, 6) is 1.41. The van der Waals surface area contributed by atoms with Crippen molar-refractivity contribution in [1.82, 2.24) is 0 Å². The lowest BCUT2D eigenvalue weighted by Gasteiger charge is -2.08. The highest BCUT2D eigenvalue weighted by molar-refractivity contribution is 9.10. The molecule has 0 radical (unpaired) electrons. The van der Waals surface area contributed by atoms with Crippen LogP contribution in [0.4, 0.5) is 0 Å². The van der Waals surface area contributed by atoms with Gasteiger partial charge in [-0.15, -0.1) is 0 Å². The summed E-state index contributed by atoms with van der Waals surface area (Å²) in [6.45, 7) is 0. The second kappa shape index (κ2) is 4.69. The van der Waals surface area contributed by atoms with Crippen LogP contribution in [-0.4, -0.2) is 0 Å². The molecule has 0 aliphatic heterocycles. The van der Waals surface area contributed by atoms with E-state index in [9.17, 15) is 0 Å². The van der Waals surface area contributed by atoms with Crippen LogP contribution in [-0.2, 0) is 0 Å². The van der Waals surface area contributed by atoms with E-state index in [0.717, 1.165) is 10.2 Å². The molecule has 0 unspecified atom stereocenters. The quantitative estimate of drug-likeness (QED) is 0.762. The van der Waals surface area contributed by atoms with Crippen LogP contribution < -0.4 is 4.74 Å². The van der Waals surface area contributed by atoms with E-state index >= 15 is 0 Å². The number of halogens is 2. The van der Waals surface area contributed by atoms with Gasteiger partial charge in [0.1, 0.15) is 5.75 Å². The molecule has 0 atom stereocenters. The summed E-state index contributed by atoms with van der Waals surface area (Å²) in [5, 5.41) is 0.591. The number of hydrogen-bond donors (Lipinski definition) is 0. The molecule has 2 aromatic rings. The Morgan fingerprint density at radius 1 is 0.933 bits per heavy atom. The highest BCUT2D eigenvalue weighted by atomic mass is 79.9. The molecule has 0 aliphatic rings. The molecule has 0 aliphatic carbocycles. The lowest BCUT2D eigenvalue weighted by molar-refractivity contribution is 0.480. The second-order valence-electron chi connectivity index (χ2n) is 2.97. The van der Waals surface area contributed by atoms with E-state index in [4.69, 9.17) is 16.3 Å². The van der Waals surface area contributed by atoms with Crippen molar-refractivity contribution in [3.63, 3.8) is 0 Å². The van der Waals surface area contributed by atoms with Crippen LogP contribution in [0.1, 0.15) is 0 Å². The molecular weight excluding hydrogens is 275 g/mol. The summed E-state index contributed by atoms with van der Waals surface area (Å²) in [4.78, 5) is 0. The molecule has 2 rings (SSSR count). The molecule has 0 saturated heterocycles. The van der Waals surface area contributed by atoms with Crippen LogP contribution in [0.5, 0.6) is 11.5 Å². The first-order valence-corrected chi connectivity index (χ1v) is 5.61. The Kier molecular flexibility index (Phi) is 3.29. The summed E-state index contributed by atoms with van der Waals surface area (Å²) in [6, 6.07) is 15.1. The van der Waals surface area contributed by atoms with E-state index < -0.39 is 0 Å². The van der Waals surface area contributed by atoms with Crippen molar-refractivity contribution < 1.29 is 4.74 Å². The van der Waals surface area contributed by atoms with Crippen LogP contribution in [0, 0.1) is 0 Å². The zero-order valence-corrected chi connectivity index (χ0v) is 10.1. The summed E-state index contributed by atoms with van der Waals surface area (Å²) in [7, 11) is 0. The van der Waals surface area contributed by atoms with Gasteiger partial charge in [-0.3, -0.25) is 0 Å². The monoisotopic (exact) mass is 282 g/mol. The van der Waals surface area contributed by atoms with Crippen LogP contribution in [0.2, 0.25) is 5.02 Å². The average Bonchev–Trinajstić information content (AvgIpc) is 2.25. The minimum atomic E-state index is 0.591. The molecule has 0 aromatic heterocycles. The number of ether oxygens (including phenoxy) is 1. The largest absolute Gasteiger partial charge is 0.455 e. The predicted octanol–water partition coefficient (Wildman–Crippen LogP) is 4.89. The van der Waals surface area contributed by atoms with Gasteiger partial charge < -0.3 is 4.74 Å². The van der Waals surface area contributed by atoms with Crippen molar-refractivity contribution in [2.75, 3.05) is 0 Å². The standard InChI is InChI=1S/C12H8BrClO/c13-10-7-4-8-11(14)12(10)15-9-5-2-1-3-6-9/h1-8H. The Morgan fingerprint density at radius 2 is 1.67 bits per heavy atom. The second-order valence-corrected chi connectivity index (χ2v) is 4.23. The maximum Gasteiger partial charge on any atom is 0.160 e. The molecule has 3 heteroatoms. The third kappa shape index (κ3) is 2.52. The van der Waals surface area contributed by atoms with Gasteiger partial charge in [-0.1, -0.05) is 35.9 Å². The molecule has 0 spiro atoms. The lowest BCUT2D eigenvalue weighted by atomic mass is 10.3. The molecule has 0 heterocycles. The fraction of sp³-hybridized carbons (Fsp3) is 0. The highest BCUT2D eigenvalue weighted by Gasteiger charge is 2.06. The Balaban J connectivity index is 2.32. The van der Waals surface area contributed by atoms with Crippen molar-refractivity contribution in [3.8, 4) is 11.5 Å². The van der Waals surface area contributed by atoms with Crippen LogP contribution in [0.3, 0.4) is 0 Å². The Bertz CT molecular complexity index is 436. The number of rotatable bonds is 2. The zero-order chi connectivity index (χ0) is 10.7. The molecule has 0 amide bonds. The van der Waals surface area contributed by atoms with Crippen molar-refractivity contribution in [3.05, 3.63) is 58.0 Å². The van der Waals surface area contributed by atoms with Gasteiger partial charge in [0.25, 0.3) is 0 Å². The molecule has 0 fully saturated rings. The first-order chi connectivity index (χ1) is 7.27. The molecule has 0 bridgehead atoms. The average molecular weight is 284 g/mol. The third-order valence-electron chi connectivity index (χ3n) is 1.88. The molecule has 2 aromatic carbocycles. The third-order valence-corrected chi connectivity index (χ3v) is 2.80. The Hall–Kier alpha value is -0.990. The molecule has 0 N–H and O–H groups in total. The van der Waals surface area contributed by atoms with Gasteiger partial charge in [-0.05, 0) is 40.2 Å². The van der Waals surface area contributed by atoms with E-state index in [1.807, 2.05) is 42.5 Å². The summed E-state index contributed by atoms with van der Waals surface area (Å²) >= 11 is 9.42. The first-order valence-electron chi connectivity index (χ1n) is 4.44. The predicted molar refractivity (Wildman–Crippen MR) is 65.7 cm³/mol. The maximum absolute atomic E-state index is 6.02. The highest BCUT2D eigenvalue weighted by Crippen LogP contribution is 2.35. The molecule has 0 saturated carbocycles. The van der Waals surface area contributed by atoms with Crippen molar-refractivity contribution in [1.29, 1.82) is 0 Å². The van der Waals surface area contributed by atoms with Gasteiger partial charge in [-0.2, -0.15) is 0 Å². The van der Waals surface area contributed by atoms with Crippen molar-refractivity contribution >= 4 is 27.5 Å². The normalized spacial score (nSPS) is 10.0. The van der Waals surface area contributed by atoms with Gasteiger partial charge in [0, 0.05) is 0 Å². The first kappa shape index (κ1) is 10.5.